The molecule has 0 aromatic heterocycles. The van der Waals surface area contributed by atoms with Gasteiger partial charge < -0.3 is 10.1 Å². The lowest BCUT2D eigenvalue weighted by molar-refractivity contribution is -0.393. The maximum absolute atomic E-state index is 13.3. The molecule has 0 saturated heterocycles. The number of ether oxygens (including phenoxy) is 1. The Morgan fingerprint density at radius 1 is 0.780 bits per heavy atom. The molecule has 0 saturated carbocycles. The van der Waals surface area contributed by atoms with Gasteiger partial charge in [-0.1, -0.05) is 78.9 Å². The van der Waals surface area contributed by atoms with Gasteiger partial charge in [-0.25, -0.2) is 4.79 Å². The number of esters is 1. The number of anilines is 1. The number of nitro groups is 2. The van der Waals surface area contributed by atoms with E-state index in [0.717, 1.165) is 12.1 Å². The molecule has 4 aromatic rings. The number of carbonyl (C=O) groups is 2. The maximum atomic E-state index is 13.3. The molecule has 206 valence electrons. The lowest BCUT2D eigenvalue weighted by Crippen LogP contribution is -2.35. The molecule has 0 spiro atoms. The number of amides is 1. The van der Waals surface area contributed by atoms with Crippen LogP contribution in [0.4, 0.5) is 17.1 Å². The first-order chi connectivity index (χ1) is 19.8. The summed E-state index contributed by atoms with van der Waals surface area (Å²) < 4.78 is 5.58. The summed E-state index contributed by atoms with van der Waals surface area (Å²) in [6.45, 7) is -0.360. The number of rotatable bonds is 11. The summed E-state index contributed by atoms with van der Waals surface area (Å²) >= 11 is 0. The quantitative estimate of drug-likeness (QED) is 0.113. The number of carbonyl (C=O) groups excluding carboxylic acids is 2. The number of benzene rings is 4. The molecule has 0 aliphatic heterocycles. The van der Waals surface area contributed by atoms with Crippen molar-refractivity contribution in [2.24, 2.45) is 5.10 Å². The molecule has 0 aliphatic carbocycles. The van der Waals surface area contributed by atoms with Gasteiger partial charge in [-0.2, -0.15) is 5.10 Å². The molecular formula is C29H23N5O7. The van der Waals surface area contributed by atoms with Crippen molar-refractivity contribution in [1.82, 2.24) is 5.32 Å². The molecule has 0 bridgehead atoms. The van der Waals surface area contributed by atoms with E-state index < -0.39 is 39.1 Å². The first-order valence-electron chi connectivity index (χ1n) is 12.2. The van der Waals surface area contributed by atoms with Crippen molar-refractivity contribution in [2.45, 2.75) is 6.04 Å². The molecule has 2 N–H and O–H groups in total. The summed E-state index contributed by atoms with van der Waals surface area (Å²) in [4.78, 5) is 47.2. The van der Waals surface area contributed by atoms with Crippen LogP contribution in [0.3, 0.4) is 0 Å². The molecule has 41 heavy (non-hydrogen) atoms. The van der Waals surface area contributed by atoms with Crippen molar-refractivity contribution in [3.05, 3.63) is 146 Å². The van der Waals surface area contributed by atoms with Gasteiger partial charge in [-0.15, -0.1) is 0 Å². The molecule has 0 unspecified atom stereocenters. The van der Waals surface area contributed by atoms with Gasteiger partial charge in [-0.05, 0) is 23.8 Å². The summed E-state index contributed by atoms with van der Waals surface area (Å²) in [6.07, 6.45) is 0. The second-order valence-electron chi connectivity index (χ2n) is 8.54. The number of nitrogens with one attached hydrogen (secondary N) is 2. The van der Waals surface area contributed by atoms with E-state index in [-0.39, 0.29) is 18.0 Å². The van der Waals surface area contributed by atoms with Crippen LogP contribution in [-0.2, 0) is 9.53 Å². The van der Waals surface area contributed by atoms with Gasteiger partial charge in [0.1, 0.15) is 18.0 Å². The second-order valence-corrected chi connectivity index (χ2v) is 8.54. The van der Waals surface area contributed by atoms with Crippen molar-refractivity contribution in [1.29, 1.82) is 0 Å². The van der Waals surface area contributed by atoms with Gasteiger partial charge >= 0.3 is 11.7 Å². The zero-order valence-corrected chi connectivity index (χ0v) is 21.4. The van der Waals surface area contributed by atoms with E-state index >= 15 is 0 Å². The Labute approximate surface area is 233 Å². The van der Waals surface area contributed by atoms with Crippen LogP contribution in [-0.4, -0.2) is 34.0 Å². The van der Waals surface area contributed by atoms with Crippen molar-refractivity contribution >= 4 is 34.7 Å². The predicted octanol–water partition coefficient (Wildman–Crippen LogP) is 5.03. The Hall–Kier alpha value is -5.91. The predicted molar refractivity (Wildman–Crippen MR) is 150 cm³/mol. The summed E-state index contributed by atoms with van der Waals surface area (Å²) in [7, 11) is 0. The fourth-order valence-electron chi connectivity index (χ4n) is 3.77. The Bertz CT molecular complexity index is 1580. The average molecular weight is 554 g/mol. The van der Waals surface area contributed by atoms with Crippen molar-refractivity contribution < 1.29 is 24.2 Å². The molecule has 12 heteroatoms. The molecule has 0 radical (unpaired) electrons. The first-order valence-corrected chi connectivity index (χ1v) is 12.2. The average Bonchev–Trinajstić information content (AvgIpc) is 3.00. The van der Waals surface area contributed by atoms with E-state index in [1.165, 1.54) is 6.07 Å². The molecule has 0 fully saturated rings. The van der Waals surface area contributed by atoms with Crippen LogP contribution in [0.2, 0.25) is 0 Å². The molecule has 0 aliphatic rings. The van der Waals surface area contributed by atoms with Crippen LogP contribution in [0, 0.1) is 20.2 Å². The number of hydrogen-bond acceptors (Lipinski definition) is 9. The van der Waals surface area contributed by atoms with E-state index in [2.05, 4.69) is 15.8 Å². The Kier molecular flexibility index (Phi) is 9.08. The number of hydrogen-bond donors (Lipinski definition) is 2. The highest BCUT2D eigenvalue weighted by molar-refractivity contribution is 6.03. The third-order valence-corrected chi connectivity index (χ3v) is 5.84. The highest BCUT2D eigenvalue weighted by atomic mass is 16.6. The smallest absolute Gasteiger partial charge is 0.333 e. The minimum Gasteiger partial charge on any atom is -0.457 e. The van der Waals surface area contributed by atoms with Crippen LogP contribution in [0.25, 0.3) is 0 Å². The Balaban J connectivity index is 1.58. The summed E-state index contributed by atoms with van der Waals surface area (Å²) in [5, 5.41) is 29.5. The molecule has 1 atom stereocenters. The SMILES string of the molecule is O=C(N[C@H](C(=O)OC/C(=N\Nc1ccc([N+](=O)[O-])cc1[N+](=O)[O-])c1ccccc1)c1ccccc1)c1ccccc1. The van der Waals surface area contributed by atoms with Gasteiger partial charge in [0.25, 0.3) is 11.6 Å². The zero-order chi connectivity index (χ0) is 29.2. The van der Waals surface area contributed by atoms with Gasteiger partial charge in [0, 0.05) is 17.2 Å². The van der Waals surface area contributed by atoms with Crippen molar-refractivity contribution in [3.63, 3.8) is 0 Å². The van der Waals surface area contributed by atoms with Crippen molar-refractivity contribution in [2.75, 3.05) is 12.0 Å². The van der Waals surface area contributed by atoms with Crippen molar-refractivity contribution in [3.8, 4) is 0 Å². The highest BCUT2D eigenvalue weighted by Crippen LogP contribution is 2.29. The fourth-order valence-corrected chi connectivity index (χ4v) is 3.77. The van der Waals surface area contributed by atoms with E-state index in [9.17, 15) is 29.8 Å². The molecule has 4 aromatic carbocycles. The van der Waals surface area contributed by atoms with E-state index in [4.69, 9.17) is 4.74 Å². The molecule has 4 rings (SSSR count). The Morgan fingerprint density at radius 3 is 1.95 bits per heavy atom. The topological polar surface area (TPSA) is 166 Å². The standard InChI is InChI=1S/C29H23N5O7/c35-28(22-14-8-3-9-15-22)30-27(21-12-6-2-7-13-21)29(36)41-19-25(20-10-4-1-5-11-20)32-31-24-17-16-23(33(37)38)18-26(24)34(39)40/h1-18,27,31H,19H2,(H,30,35)/b32-25+/t27-/m0/s1. The van der Waals surface area contributed by atoms with Crippen LogP contribution < -0.4 is 10.7 Å². The van der Waals surface area contributed by atoms with Crippen LogP contribution >= 0.6 is 0 Å². The van der Waals surface area contributed by atoms with Gasteiger partial charge in [-0.3, -0.25) is 30.4 Å². The molecule has 0 heterocycles. The lowest BCUT2D eigenvalue weighted by Gasteiger charge is -2.19. The zero-order valence-electron chi connectivity index (χ0n) is 21.4. The monoisotopic (exact) mass is 553 g/mol. The lowest BCUT2D eigenvalue weighted by atomic mass is 10.1. The number of nitro benzene ring substituents is 2. The van der Waals surface area contributed by atoms with Crippen LogP contribution in [0.15, 0.2) is 114 Å². The minimum absolute atomic E-state index is 0.0994. The fraction of sp³-hybridized carbons (Fsp3) is 0.0690. The second kappa shape index (κ2) is 13.2. The summed E-state index contributed by atoms with van der Waals surface area (Å²) in [5.41, 5.74) is 3.06. The maximum Gasteiger partial charge on any atom is 0.333 e. The van der Waals surface area contributed by atoms with E-state index in [1.807, 2.05) is 0 Å². The van der Waals surface area contributed by atoms with Crippen LogP contribution in [0.5, 0.6) is 0 Å². The highest BCUT2D eigenvalue weighted by Gasteiger charge is 2.26. The molecule has 12 nitrogen and oxygen atoms in total. The van der Waals surface area contributed by atoms with Gasteiger partial charge in [0.2, 0.25) is 0 Å². The third kappa shape index (κ3) is 7.35. The summed E-state index contributed by atoms with van der Waals surface area (Å²) in [5.74, 6) is -1.23. The number of hydrazone groups is 1. The Morgan fingerprint density at radius 2 is 1.37 bits per heavy atom. The van der Waals surface area contributed by atoms with Gasteiger partial charge in [0.05, 0.1) is 15.9 Å². The molecular weight excluding hydrogens is 530 g/mol. The number of non-ortho nitro benzene ring substituents is 1. The molecule has 1 amide bonds. The van der Waals surface area contributed by atoms with Crippen LogP contribution in [0.1, 0.15) is 27.5 Å². The summed E-state index contributed by atoms with van der Waals surface area (Å²) in [6, 6.07) is 27.6. The minimum atomic E-state index is -1.13. The van der Waals surface area contributed by atoms with Gasteiger partial charge in [0.15, 0.2) is 6.04 Å². The van der Waals surface area contributed by atoms with E-state index in [1.54, 1.807) is 91.0 Å². The first kappa shape index (κ1) is 28.1. The van der Waals surface area contributed by atoms with E-state index in [0.29, 0.717) is 16.7 Å². The normalized spacial score (nSPS) is 11.7. The third-order valence-electron chi connectivity index (χ3n) is 5.84. The largest absolute Gasteiger partial charge is 0.457 e. The number of nitrogens with zero attached hydrogens (tertiary/aromatic N) is 3.